The molecule has 1 saturated heterocycles. The number of carboxylic acid groups (broad SMARTS) is 1. The van der Waals surface area contributed by atoms with E-state index in [2.05, 4.69) is 0 Å². The lowest BCUT2D eigenvalue weighted by Crippen LogP contribution is -2.29. The topological polar surface area (TPSA) is 69.7 Å². The summed E-state index contributed by atoms with van der Waals surface area (Å²) >= 11 is 6.58. The van der Waals surface area contributed by atoms with Gasteiger partial charge in [-0.25, -0.2) is 0 Å². The molecular formula is C18H20NO4S2-. The van der Waals surface area contributed by atoms with Gasteiger partial charge in [0.25, 0.3) is 5.91 Å². The van der Waals surface area contributed by atoms with Crippen LogP contribution in [0.3, 0.4) is 0 Å². The normalized spacial score (nSPS) is 15.9. The summed E-state index contributed by atoms with van der Waals surface area (Å²) in [6, 6.07) is 7.54. The van der Waals surface area contributed by atoms with Crippen molar-refractivity contribution in [3.63, 3.8) is 0 Å². The van der Waals surface area contributed by atoms with Crippen molar-refractivity contribution in [3.05, 3.63) is 34.7 Å². The molecule has 0 unspecified atom stereocenters. The average molecular weight is 378 g/mol. The first-order chi connectivity index (χ1) is 12.0. The third-order valence-corrected chi connectivity index (χ3v) is 5.00. The van der Waals surface area contributed by atoms with Crippen LogP contribution in [0.2, 0.25) is 0 Å². The van der Waals surface area contributed by atoms with E-state index < -0.39 is 5.97 Å². The number of nitrogens with zero attached hydrogens (tertiary/aromatic N) is 1. The van der Waals surface area contributed by atoms with Gasteiger partial charge in [0.1, 0.15) is 10.1 Å². The SMILES string of the molecule is CCOc1ccc(/C=C2\SC(=S)N(CCCCCC(=O)[O-])C2=O)cc1. The van der Waals surface area contributed by atoms with Gasteiger partial charge in [-0.05, 0) is 50.0 Å². The molecule has 0 aliphatic carbocycles. The standard InChI is InChI=1S/C18H21NO4S2/c1-2-23-14-9-7-13(8-10-14)12-15-17(22)19(18(24)25-15)11-5-3-4-6-16(20)21/h7-10,12H,2-6,11H2,1H3,(H,20,21)/p-1/b15-12-. The van der Waals surface area contributed by atoms with Crippen LogP contribution < -0.4 is 9.84 Å². The van der Waals surface area contributed by atoms with Gasteiger partial charge in [0.05, 0.1) is 11.5 Å². The molecule has 1 heterocycles. The number of hydrogen-bond acceptors (Lipinski definition) is 6. The highest BCUT2D eigenvalue weighted by Crippen LogP contribution is 2.33. The number of unbranched alkanes of at least 4 members (excludes halogenated alkanes) is 2. The summed E-state index contributed by atoms with van der Waals surface area (Å²) in [7, 11) is 0. The van der Waals surface area contributed by atoms with Gasteiger partial charge in [0.2, 0.25) is 0 Å². The van der Waals surface area contributed by atoms with Crippen molar-refractivity contribution in [2.45, 2.75) is 32.6 Å². The summed E-state index contributed by atoms with van der Waals surface area (Å²) in [4.78, 5) is 25.0. The summed E-state index contributed by atoms with van der Waals surface area (Å²) < 4.78 is 5.95. The van der Waals surface area contributed by atoms with E-state index in [-0.39, 0.29) is 12.3 Å². The van der Waals surface area contributed by atoms with Crippen molar-refractivity contribution >= 4 is 46.3 Å². The van der Waals surface area contributed by atoms with E-state index >= 15 is 0 Å². The molecule has 0 radical (unpaired) electrons. The Kier molecular flexibility index (Phi) is 7.46. The molecule has 1 fully saturated rings. The Hall–Kier alpha value is -1.86. The first-order valence-corrected chi connectivity index (χ1v) is 9.42. The number of thioether (sulfide) groups is 1. The fraction of sp³-hybridized carbons (Fsp3) is 0.389. The Labute approximate surface area is 157 Å². The van der Waals surface area contributed by atoms with Crippen LogP contribution in [0.4, 0.5) is 0 Å². The summed E-state index contributed by atoms with van der Waals surface area (Å²) in [6.45, 7) is 3.05. The largest absolute Gasteiger partial charge is 0.550 e. The molecule has 0 bridgehead atoms. The summed E-state index contributed by atoms with van der Waals surface area (Å²) in [5.74, 6) is -0.337. The third kappa shape index (κ3) is 5.86. The van der Waals surface area contributed by atoms with Gasteiger partial charge in [-0.15, -0.1) is 0 Å². The zero-order valence-electron chi connectivity index (χ0n) is 14.0. The zero-order chi connectivity index (χ0) is 18.2. The Morgan fingerprint density at radius 3 is 2.64 bits per heavy atom. The fourth-order valence-electron chi connectivity index (χ4n) is 2.39. The molecule has 7 heteroatoms. The molecule has 0 saturated carbocycles. The van der Waals surface area contributed by atoms with E-state index in [1.165, 1.54) is 11.8 Å². The zero-order valence-corrected chi connectivity index (χ0v) is 15.7. The highest BCUT2D eigenvalue weighted by molar-refractivity contribution is 8.26. The minimum Gasteiger partial charge on any atom is -0.550 e. The predicted octanol–water partition coefficient (Wildman–Crippen LogP) is 2.60. The van der Waals surface area contributed by atoms with E-state index in [4.69, 9.17) is 17.0 Å². The number of carbonyl (C=O) groups is 2. The second kappa shape index (κ2) is 9.58. The molecule has 0 atom stereocenters. The van der Waals surface area contributed by atoms with Crippen LogP contribution in [0.5, 0.6) is 5.75 Å². The predicted molar refractivity (Wildman–Crippen MR) is 101 cm³/mol. The molecular weight excluding hydrogens is 358 g/mol. The van der Waals surface area contributed by atoms with E-state index in [1.54, 1.807) is 4.90 Å². The van der Waals surface area contributed by atoms with Crippen LogP contribution in [0.25, 0.3) is 6.08 Å². The maximum atomic E-state index is 12.5. The molecule has 0 N–H and O–H groups in total. The Balaban J connectivity index is 1.91. The minimum absolute atomic E-state index is 0.0516. The van der Waals surface area contributed by atoms with Gasteiger partial charge in [-0.3, -0.25) is 9.69 Å². The van der Waals surface area contributed by atoms with Crippen molar-refractivity contribution in [3.8, 4) is 5.75 Å². The quantitative estimate of drug-likeness (QED) is 0.374. The maximum absolute atomic E-state index is 12.5. The minimum atomic E-state index is -1.04. The van der Waals surface area contributed by atoms with Crippen molar-refractivity contribution in [2.24, 2.45) is 0 Å². The Bertz CT molecular complexity index is 670. The van der Waals surface area contributed by atoms with E-state index in [0.29, 0.717) is 28.8 Å². The van der Waals surface area contributed by atoms with Gasteiger partial charge < -0.3 is 14.6 Å². The Morgan fingerprint density at radius 1 is 1.28 bits per heavy atom. The molecule has 5 nitrogen and oxygen atoms in total. The third-order valence-electron chi connectivity index (χ3n) is 3.63. The molecule has 134 valence electrons. The molecule has 0 spiro atoms. The van der Waals surface area contributed by atoms with Gasteiger partial charge in [0, 0.05) is 12.5 Å². The molecule has 1 aliphatic rings. The van der Waals surface area contributed by atoms with E-state index in [0.717, 1.165) is 24.2 Å². The van der Waals surface area contributed by atoms with Crippen LogP contribution >= 0.6 is 24.0 Å². The first kappa shape index (κ1) is 19.5. The molecule has 1 aromatic carbocycles. The monoisotopic (exact) mass is 378 g/mol. The van der Waals surface area contributed by atoms with Crippen LogP contribution in [-0.4, -0.2) is 34.2 Å². The van der Waals surface area contributed by atoms with Crippen LogP contribution in [0, 0.1) is 0 Å². The van der Waals surface area contributed by atoms with Crippen molar-refractivity contribution in [1.82, 2.24) is 4.90 Å². The molecule has 1 aromatic rings. The van der Waals surface area contributed by atoms with Crippen molar-refractivity contribution in [1.29, 1.82) is 0 Å². The summed E-state index contributed by atoms with van der Waals surface area (Å²) in [5.41, 5.74) is 0.915. The molecule has 1 aliphatic heterocycles. The van der Waals surface area contributed by atoms with E-state index in [1.807, 2.05) is 37.3 Å². The van der Waals surface area contributed by atoms with Crippen LogP contribution in [-0.2, 0) is 9.59 Å². The molecule has 25 heavy (non-hydrogen) atoms. The van der Waals surface area contributed by atoms with E-state index in [9.17, 15) is 14.7 Å². The van der Waals surface area contributed by atoms with Gasteiger partial charge in [-0.2, -0.15) is 0 Å². The molecule has 1 amide bonds. The second-order valence-corrected chi connectivity index (χ2v) is 7.19. The smallest absolute Gasteiger partial charge is 0.266 e. The van der Waals surface area contributed by atoms with Gasteiger partial charge in [-0.1, -0.05) is 42.5 Å². The summed E-state index contributed by atoms with van der Waals surface area (Å²) in [5, 5.41) is 10.4. The maximum Gasteiger partial charge on any atom is 0.266 e. The molecule has 2 rings (SSSR count). The van der Waals surface area contributed by atoms with Crippen molar-refractivity contribution in [2.75, 3.05) is 13.2 Å². The number of benzene rings is 1. The number of ether oxygens (including phenoxy) is 1. The number of amides is 1. The lowest BCUT2D eigenvalue weighted by molar-refractivity contribution is -0.305. The number of carbonyl (C=O) groups excluding carboxylic acids is 2. The fourth-order valence-corrected chi connectivity index (χ4v) is 3.70. The lowest BCUT2D eigenvalue weighted by Gasteiger charge is -2.14. The number of aliphatic carboxylic acids is 1. The van der Waals surface area contributed by atoms with Gasteiger partial charge in [0.15, 0.2) is 0 Å². The number of thiocarbonyl (C=S) groups is 1. The molecule has 0 aromatic heterocycles. The Morgan fingerprint density at radius 2 is 2.00 bits per heavy atom. The van der Waals surface area contributed by atoms with Crippen LogP contribution in [0.1, 0.15) is 38.2 Å². The van der Waals surface area contributed by atoms with Crippen molar-refractivity contribution < 1.29 is 19.4 Å². The van der Waals surface area contributed by atoms with Crippen LogP contribution in [0.15, 0.2) is 29.2 Å². The van der Waals surface area contributed by atoms with Gasteiger partial charge >= 0.3 is 0 Å². The second-order valence-electron chi connectivity index (χ2n) is 5.52. The number of rotatable bonds is 9. The number of hydrogen-bond donors (Lipinski definition) is 0. The highest BCUT2D eigenvalue weighted by Gasteiger charge is 2.31. The lowest BCUT2D eigenvalue weighted by atomic mass is 10.2. The summed E-state index contributed by atoms with van der Waals surface area (Å²) in [6.07, 6.45) is 3.87. The first-order valence-electron chi connectivity index (χ1n) is 8.19. The number of carboxylic acids is 1. The highest BCUT2D eigenvalue weighted by atomic mass is 32.2. The average Bonchev–Trinajstić information content (AvgIpc) is 2.83.